The Morgan fingerprint density at radius 2 is 1.91 bits per heavy atom. The van der Waals surface area contributed by atoms with Crippen molar-refractivity contribution in [2.45, 2.75) is 17.0 Å². The largest absolute Gasteiger partial charge is 0.281 e. The van der Waals surface area contributed by atoms with E-state index in [-0.39, 0.29) is 0 Å². The molecule has 0 saturated carbocycles. The van der Waals surface area contributed by atoms with Crippen LogP contribution in [0.4, 0.5) is 0 Å². The zero-order valence-corrected chi connectivity index (χ0v) is 7.82. The van der Waals surface area contributed by atoms with Gasteiger partial charge in [-0.1, -0.05) is 4.40 Å². The summed E-state index contributed by atoms with van der Waals surface area (Å²) in [6.07, 6.45) is 0.888. The zero-order chi connectivity index (χ0) is 9.07. The Hall–Kier alpha value is -0.0900. The normalized spacial score (nSPS) is 16.6. The fraction of sp³-hybridized carbons (Fsp3) is 0.750. The molecule has 0 radical (unpaired) electrons. The number of alkyl halides is 2. The number of carbonyl (C=O) groups excluding carboxylic acids is 1. The smallest absolute Gasteiger partial charge is 0.210 e. The van der Waals surface area contributed by atoms with Crippen molar-refractivity contribution < 1.29 is 13.2 Å². The van der Waals surface area contributed by atoms with E-state index in [1.165, 1.54) is 6.92 Å². The van der Waals surface area contributed by atoms with Gasteiger partial charge in [-0.15, -0.1) is 23.2 Å². The highest BCUT2D eigenvalue weighted by Crippen LogP contribution is 2.16. The quantitative estimate of drug-likeness (QED) is 0.400. The fourth-order valence-corrected chi connectivity index (χ4v) is 1.53. The maximum Gasteiger partial charge on any atom is 0.281 e. The van der Waals surface area contributed by atoms with Crippen LogP contribution in [0.2, 0.25) is 0 Å². The summed E-state index contributed by atoms with van der Waals surface area (Å²) in [6, 6.07) is 0. The Morgan fingerprint density at radius 3 is 2.18 bits per heavy atom. The minimum atomic E-state index is -3.97. The first-order valence-electron chi connectivity index (χ1n) is 2.53. The Balaban J connectivity index is 4.71. The lowest BCUT2D eigenvalue weighted by Gasteiger charge is -2.06. The maximum atomic E-state index is 10.7. The number of rotatable bonds is 3. The molecule has 0 aliphatic carbocycles. The molecule has 0 amide bonds. The summed E-state index contributed by atoms with van der Waals surface area (Å²) in [5.74, 6) is 0. The number of hydrogen-bond donors (Lipinski definition) is 0. The zero-order valence-electron chi connectivity index (χ0n) is 5.49. The summed E-state index contributed by atoms with van der Waals surface area (Å²) < 4.78 is 22.6. The third-order valence-electron chi connectivity index (χ3n) is 0.810. The summed E-state index contributed by atoms with van der Waals surface area (Å²) in [7, 11) is -3.97. The first-order chi connectivity index (χ1) is 4.91. The molecule has 0 aromatic carbocycles. The third-order valence-corrected chi connectivity index (χ3v) is 3.70. The summed E-state index contributed by atoms with van der Waals surface area (Å²) in [5, 5.41) is -0.807. The molecule has 11 heavy (non-hydrogen) atoms. The van der Waals surface area contributed by atoms with Gasteiger partial charge in [0.05, 0.1) is 5.38 Å². The van der Waals surface area contributed by atoms with Crippen LogP contribution in [0.1, 0.15) is 6.92 Å². The number of halogens is 2. The predicted molar refractivity (Wildman–Crippen MR) is 42.0 cm³/mol. The van der Waals surface area contributed by atoms with Gasteiger partial charge in [-0.05, 0) is 6.92 Å². The Bertz CT molecular complexity index is 267. The summed E-state index contributed by atoms with van der Waals surface area (Å²) in [4.78, 5) is 9.57. The van der Waals surface area contributed by atoms with E-state index in [0.717, 1.165) is 6.08 Å². The molecule has 0 aliphatic rings. The highest BCUT2D eigenvalue weighted by molar-refractivity contribution is 7.92. The molecule has 64 valence electrons. The molecular formula is C4H5Cl2NO3S. The fourth-order valence-electron chi connectivity index (χ4n) is 0.339. The van der Waals surface area contributed by atoms with Crippen molar-refractivity contribution in [3.8, 4) is 0 Å². The highest BCUT2D eigenvalue weighted by Gasteiger charge is 2.26. The maximum absolute atomic E-state index is 10.7. The average molecular weight is 218 g/mol. The number of sulfonamides is 1. The van der Waals surface area contributed by atoms with Crippen LogP contribution in [0.15, 0.2) is 4.40 Å². The van der Waals surface area contributed by atoms with E-state index in [1.807, 2.05) is 0 Å². The van der Waals surface area contributed by atoms with E-state index < -0.39 is 20.1 Å². The lowest BCUT2D eigenvalue weighted by molar-refractivity contribution is 0.563. The van der Waals surface area contributed by atoms with Crippen LogP contribution in [0, 0.1) is 0 Å². The summed E-state index contributed by atoms with van der Waals surface area (Å²) in [5.41, 5.74) is 0. The molecule has 0 aliphatic heterocycles. The van der Waals surface area contributed by atoms with E-state index in [0.29, 0.717) is 0 Å². The molecule has 2 atom stereocenters. The van der Waals surface area contributed by atoms with E-state index in [9.17, 15) is 13.2 Å². The molecule has 0 spiro atoms. The molecule has 0 bridgehead atoms. The van der Waals surface area contributed by atoms with E-state index in [1.54, 1.807) is 0 Å². The molecule has 4 nitrogen and oxygen atoms in total. The minimum Gasteiger partial charge on any atom is -0.210 e. The highest BCUT2D eigenvalue weighted by atomic mass is 35.5. The van der Waals surface area contributed by atoms with E-state index in [2.05, 4.69) is 4.40 Å². The molecular weight excluding hydrogens is 213 g/mol. The number of hydrogen-bond acceptors (Lipinski definition) is 3. The monoisotopic (exact) mass is 217 g/mol. The molecule has 2 unspecified atom stereocenters. The third kappa shape index (κ3) is 3.20. The molecule has 0 fully saturated rings. The van der Waals surface area contributed by atoms with Crippen LogP contribution in [-0.4, -0.2) is 24.6 Å². The van der Waals surface area contributed by atoms with Gasteiger partial charge in [-0.2, -0.15) is 0 Å². The molecule has 0 N–H and O–H groups in total. The Labute approximate surface area is 74.3 Å². The Kier molecular flexibility index (Phi) is 4.03. The van der Waals surface area contributed by atoms with Crippen molar-refractivity contribution in [3.63, 3.8) is 0 Å². The number of isocyanates is 1. The van der Waals surface area contributed by atoms with Gasteiger partial charge in [0.25, 0.3) is 16.1 Å². The van der Waals surface area contributed by atoms with Gasteiger partial charge in [0.2, 0.25) is 0 Å². The predicted octanol–water partition coefficient (Wildman–Crippen LogP) is 0.844. The summed E-state index contributed by atoms with van der Waals surface area (Å²) in [6.45, 7) is 1.39. The van der Waals surface area contributed by atoms with Crippen LogP contribution in [0.5, 0.6) is 0 Å². The minimum absolute atomic E-state index is 0.807. The average Bonchev–Trinajstić information content (AvgIpc) is 1.86. The van der Waals surface area contributed by atoms with Crippen molar-refractivity contribution >= 4 is 39.3 Å². The molecule has 0 heterocycles. The SMILES string of the molecule is CC(Cl)C(Cl)S(=O)(=O)N=C=O. The van der Waals surface area contributed by atoms with Gasteiger partial charge < -0.3 is 0 Å². The second kappa shape index (κ2) is 4.07. The number of nitrogens with zero attached hydrogens (tertiary/aromatic N) is 1. The lowest BCUT2D eigenvalue weighted by atomic mass is 10.6. The first-order valence-corrected chi connectivity index (χ1v) is 4.90. The second-order valence-electron chi connectivity index (χ2n) is 1.73. The Morgan fingerprint density at radius 1 is 1.45 bits per heavy atom. The van der Waals surface area contributed by atoms with Crippen LogP contribution < -0.4 is 0 Å². The van der Waals surface area contributed by atoms with Crippen molar-refractivity contribution in [2.24, 2.45) is 4.40 Å². The van der Waals surface area contributed by atoms with Gasteiger partial charge in [0.1, 0.15) is 0 Å². The van der Waals surface area contributed by atoms with Crippen molar-refractivity contribution in [3.05, 3.63) is 0 Å². The second-order valence-corrected chi connectivity index (χ2v) is 4.86. The molecule has 0 rings (SSSR count). The van der Waals surface area contributed by atoms with Crippen molar-refractivity contribution in [2.75, 3.05) is 0 Å². The van der Waals surface area contributed by atoms with E-state index in [4.69, 9.17) is 23.2 Å². The standard InChI is InChI=1S/C4H5Cl2NO3S/c1-3(5)4(6)11(9,10)7-2-8/h3-4H,1H3. The lowest BCUT2D eigenvalue weighted by Crippen LogP contribution is -2.20. The van der Waals surface area contributed by atoms with Crippen LogP contribution >= 0.6 is 23.2 Å². The van der Waals surface area contributed by atoms with Crippen molar-refractivity contribution in [1.29, 1.82) is 0 Å². The topological polar surface area (TPSA) is 63.6 Å². The van der Waals surface area contributed by atoms with Gasteiger partial charge in [0, 0.05) is 0 Å². The van der Waals surface area contributed by atoms with Crippen LogP contribution in [-0.2, 0) is 14.8 Å². The van der Waals surface area contributed by atoms with Crippen LogP contribution in [0.3, 0.4) is 0 Å². The summed E-state index contributed by atoms with van der Waals surface area (Å²) >= 11 is 10.6. The van der Waals surface area contributed by atoms with Gasteiger partial charge in [0.15, 0.2) is 4.71 Å². The molecule has 7 heteroatoms. The van der Waals surface area contributed by atoms with Gasteiger partial charge >= 0.3 is 0 Å². The van der Waals surface area contributed by atoms with Gasteiger partial charge in [-0.3, -0.25) is 0 Å². The van der Waals surface area contributed by atoms with Crippen molar-refractivity contribution in [1.82, 2.24) is 0 Å². The molecule has 0 aromatic rings. The van der Waals surface area contributed by atoms with E-state index >= 15 is 0 Å². The van der Waals surface area contributed by atoms with Gasteiger partial charge in [-0.25, -0.2) is 13.2 Å². The van der Waals surface area contributed by atoms with Crippen LogP contribution in [0.25, 0.3) is 0 Å². The first kappa shape index (κ1) is 10.9. The molecule has 0 aromatic heterocycles. The molecule has 0 saturated heterocycles.